The summed E-state index contributed by atoms with van der Waals surface area (Å²) in [6, 6.07) is -0.0442. The van der Waals surface area contributed by atoms with Crippen molar-refractivity contribution in [3.63, 3.8) is 0 Å². The van der Waals surface area contributed by atoms with Gasteiger partial charge in [-0.1, -0.05) is 13.8 Å². The van der Waals surface area contributed by atoms with Crippen molar-refractivity contribution in [1.82, 2.24) is 10.2 Å². The fourth-order valence-electron chi connectivity index (χ4n) is 2.86. The number of ether oxygens (including phenoxy) is 3. The molecule has 1 atom stereocenters. The molecule has 1 amide bonds. The third kappa shape index (κ3) is 9.62. The van der Waals surface area contributed by atoms with Gasteiger partial charge < -0.3 is 19.5 Å². The Hall–Kier alpha value is -1.02. The smallest absolute Gasteiger partial charge is 0.237 e. The molecule has 0 unspecified atom stereocenters. The fraction of sp³-hybridized carbons (Fsp3) is 0.895. The van der Waals surface area contributed by atoms with E-state index in [9.17, 15) is 9.59 Å². The molecule has 0 aromatic rings. The topological polar surface area (TPSA) is 77.1 Å². The predicted octanol–water partition coefficient (Wildman–Crippen LogP) is 1.25. The predicted molar refractivity (Wildman–Crippen MR) is 100 cm³/mol. The molecule has 1 aliphatic rings. The Morgan fingerprint density at radius 1 is 1.08 bits per heavy atom. The lowest BCUT2D eigenvalue weighted by Gasteiger charge is -2.23. The molecular formula is C19H36N2O5. The summed E-state index contributed by atoms with van der Waals surface area (Å²) in [6.45, 7) is 11.2. The van der Waals surface area contributed by atoms with Gasteiger partial charge in [-0.15, -0.1) is 0 Å². The third-order valence-corrected chi connectivity index (χ3v) is 4.45. The maximum absolute atomic E-state index is 12.3. The van der Waals surface area contributed by atoms with E-state index in [0.29, 0.717) is 52.6 Å². The van der Waals surface area contributed by atoms with Crippen LogP contribution < -0.4 is 5.32 Å². The van der Waals surface area contributed by atoms with E-state index < -0.39 is 0 Å². The first-order chi connectivity index (χ1) is 12.6. The number of carbonyl (C=O) groups is 2. The van der Waals surface area contributed by atoms with Gasteiger partial charge in [0.25, 0.3) is 0 Å². The summed E-state index contributed by atoms with van der Waals surface area (Å²) in [4.78, 5) is 25.9. The summed E-state index contributed by atoms with van der Waals surface area (Å²) < 4.78 is 16.2. The van der Waals surface area contributed by atoms with Crippen LogP contribution in [0.2, 0.25) is 0 Å². The Kier molecular flexibility index (Phi) is 12.5. The quantitative estimate of drug-likeness (QED) is 0.436. The zero-order valence-electron chi connectivity index (χ0n) is 16.6. The molecule has 26 heavy (non-hydrogen) atoms. The lowest BCUT2D eigenvalue weighted by Crippen LogP contribution is -2.45. The number of hydrogen-bond donors (Lipinski definition) is 1. The van der Waals surface area contributed by atoms with Gasteiger partial charge >= 0.3 is 0 Å². The highest BCUT2D eigenvalue weighted by Crippen LogP contribution is 2.16. The molecule has 0 aromatic carbocycles. The Bertz CT molecular complexity index is 403. The van der Waals surface area contributed by atoms with Gasteiger partial charge in [-0.25, -0.2) is 0 Å². The number of hydrogen-bond acceptors (Lipinski definition) is 6. The number of Topliss-reactive ketones (excluding diaryl/α,β-unsaturated/α-hetero) is 1. The molecule has 0 saturated carbocycles. The molecule has 0 spiro atoms. The van der Waals surface area contributed by atoms with Crippen molar-refractivity contribution in [2.24, 2.45) is 5.92 Å². The molecule has 7 heteroatoms. The van der Waals surface area contributed by atoms with E-state index in [-0.39, 0.29) is 23.7 Å². The Labute approximate surface area is 157 Å². The second-order valence-corrected chi connectivity index (χ2v) is 6.78. The van der Waals surface area contributed by atoms with E-state index in [1.807, 2.05) is 20.8 Å². The molecule has 1 aliphatic heterocycles. The molecule has 1 fully saturated rings. The molecular weight excluding hydrogens is 336 g/mol. The summed E-state index contributed by atoms with van der Waals surface area (Å²) in [7, 11) is 0. The molecule has 7 nitrogen and oxygen atoms in total. The highest BCUT2D eigenvalue weighted by Gasteiger charge is 2.29. The van der Waals surface area contributed by atoms with Crippen molar-refractivity contribution in [2.75, 3.05) is 59.3 Å². The van der Waals surface area contributed by atoms with E-state index in [4.69, 9.17) is 14.2 Å². The zero-order chi connectivity index (χ0) is 19.2. The summed E-state index contributed by atoms with van der Waals surface area (Å²) in [6.07, 6.45) is 2.41. The number of rotatable bonds is 15. The van der Waals surface area contributed by atoms with Gasteiger partial charge in [0.2, 0.25) is 5.91 Å². The summed E-state index contributed by atoms with van der Waals surface area (Å²) in [5.74, 6) is 0.357. The maximum atomic E-state index is 12.3. The van der Waals surface area contributed by atoms with Crippen molar-refractivity contribution in [3.05, 3.63) is 0 Å². The lowest BCUT2D eigenvalue weighted by atomic mass is 10.1. The first-order valence-corrected chi connectivity index (χ1v) is 9.84. The first kappa shape index (κ1) is 23.0. The van der Waals surface area contributed by atoms with E-state index in [0.717, 1.165) is 25.9 Å². The van der Waals surface area contributed by atoms with Gasteiger partial charge in [-0.3, -0.25) is 14.5 Å². The minimum absolute atomic E-state index is 0.0442. The van der Waals surface area contributed by atoms with Crippen LogP contribution in [0, 0.1) is 5.92 Å². The van der Waals surface area contributed by atoms with Gasteiger partial charge in [0, 0.05) is 32.0 Å². The minimum atomic E-state index is -0.0442. The van der Waals surface area contributed by atoms with E-state index in [1.54, 1.807) is 0 Å². The molecule has 1 saturated heterocycles. The number of carbonyl (C=O) groups excluding carboxylic acids is 2. The average molecular weight is 373 g/mol. The van der Waals surface area contributed by atoms with Crippen molar-refractivity contribution >= 4 is 11.7 Å². The number of nitrogens with one attached hydrogen (secondary N) is 1. The number of ketones is 1. The average Bonchev–Trinajstić information content (AvgIpc) is 3.08. The van der Waals surface area contributed by atoms with Gasteiger partial charge in [0.15, 0.2) is 0 Å². The molecule has 0 aliphatic carbocycles. The molecule has 1 rings (SSSR count). The number of amides is 1. The van der Waals surface area contributed by atoms with Crippen LogP contribution >= 0.6 is 0 Å². The van der Waals surface area contributed by atoms with E-state index in [2.05, 4.69) is 10.2 Å². The van der Waals surface area contributed by atoms with E-state index in [1.165, 1.54) is 0 Å². The van der Waals surface area contributed by atoms with Crippen LogP contribution in [-0.4, -0.2) is 81.9 Å². The van der Waals surface area contributed by atoms with Crippen molar-refractivity contribution in [2.45, 2.75) is 46.1 Å². The monoisotopic (exact) mass is 372 g/mol. The molecule has 1 N–H and O–H groups in total. The van der Waals surface area contributed by atoms with Gasteiger partial charge in [0.05, 0.1) is 39.1 Å². The molecule has 152 valence electrons. The van der Waals surface area contributed by atoms with Gasteiger partial charge in [-0.05, 0) is 26.3 Å². The molecule has 0 radical (unpaired) electrons. The molecule has 1 heterocycles. The highest BCUT2D eigenvalue weighted by atomic mass is 16.5. The largest absolute Gasteiger partial charge is 0.380 e. The minimum Gasteiger partial charge on any atom is -0.380 e. The number of likely N-dealkylation sites (tertiary alicyclic amines) is 1. The van der Waals surface area contributed by atoms with Crippen LogP contribution in [0.3, 0.4) is 0 Å². The van der Waals surface area contributed by atoms with Crippen LogP contribution in [0.25, 0.3) is 0 Å². The van der Waals surface area contributed by atoms with E-state index >= 15 is 0 Å². The molecule has 0 aromatic heterocycles. The van der Waals surface area contributed by atoms with Crippen molar-refractivity contribution in [1.29, 1.82) is 0 Å². The van der Waals surface area contributed by atoms with Gasteiger partial charge in [0.1, 0.15) is 5.78 Å². The Morgan fingerprint density at radius 2 is 1.81 bits per heavy atom. The second kappa shape index (κ2) is 14.1. The van der Waals surface area contributed by atoms with Crippen molar-refractivity contribution in [3.8, 4) is 0 Å². The van der Waals surface area contributed by atoms with Crippen LogP contribution in [0.4, 0.5) is 0 Å². The summed E-state index contributed by atoms with van der Waals surface area (Å²) >= 11 is 0. The fourth-order valence-corrected chi connectivity index (χ4v) is 2.86. The highest BCUT2D eigenvalue weighted by molar-refractivity contribution is 5.82. The zero-order valence-corrected chi connectivity index (χ0v) is 16.6. The van der Waals surface area contributed by atoms with Crippen LogP contribution in [0.5, 0.6) is 0 Å². The summed E-state index contributed by atoms with van der Waals surface area (Å²) in [5.41, 5.74) is 0. The first-order valence-electron chi connectivity index (χ1n) is 9.84. The SMILES string of the molecule is CCOCCN1CCC[C@H]1C(=O)NCCOCCOCCC(=O)C(C)C. The van der Waals surface area contributed by atoms with Gasteiger partial charge in [-0.2, -0.15) is 0 Å². The van der Waals surface area contributed by atoms with Crippen LogP contribution in [0.1, 0.15) is 40.0 Å². The Morgan fingerprint density at radius 3 is 2.50 bits per heavy atom. The van der Waals surface area contributed by atoms with Crippen molar-refractivity contribution < 1.29 is 23.8 Å². The lowest BCUT2D eigenvalue weighted by molar-refractivity contribution is -0.126. The molecule has 0 bridgehead atoms. The Balaban J connectivity index is 2.00. The third-order valence-electron chi connectivity index (χ3n) is 4.45. The van der Waals surface area contributed by atoms with Crippen LogP contribution in [-0.2, 0) is 23.8 Å². The standard InChI is InChI=1S/C19H36N2O5/c1-4-24-13-10-21-9-5-6-17(21)19(23)20-8-12-26-15-14-25-11-7-18(22)16(2)3/h16-17H,4-15H2,1-3H3,(H,20,23)/t17-/m0/s1. The maximum Gasteiger partial charge on any atom is 0.237 e. The van der Waals surface area contributed by atoms with Crippen LogP contribution in [0.15, 0.2) is 0 Å². The normalized spacial score (nSPS) is 17.8. The second-order valence-electron chi connectivity index (χ2n) is 6.78. The number of nitrogens with zero attached hydrogens (tertiary/aromatic N) is 1. The summed E-state index contributed by atoms with van der Waals surface area (Å²) in [5, 5.41) is 2.94.